The number of nitrogens with zero attached hydrogens (tertiary/aromatic N) is 2. The topological polar surface area (TPSA) is 71.0 Å². The molecule has 1 aliphatic carbocycles. The lowest BCUT2D eigenvalue weighted by molar-refractivity contribution is -0.112. The number of halogens is 1. The van der Waals surface area contributed by atoms with Gasteiger partial charge in [0.15, 0.2) is 17.3 Å². The van der Waals surface area contributed by atoms with Crippen LogP contribution in [0.3, 0.4) is 0 Å². The molecule has 0 bridgehead atoms. The van der Waals surface area contributed by atoms with Crippen molar-refractivity contribution in [1.82, 2.24) is 5.43 Å². The molecular weight excluding hydrogens is 349 g/mol. The van der Waals surface area contributed by atoms with Gasteiger partial charge in [-0.1, -0.05) is 18.2 Å². The number of methoxy groups -OCH3 is 1. The van der Waals surface area contributed by atoms with Gasteiger partial charge in [0.2, 0.25) is 0 Å². The zero-order valence-corrected chi connectivity index (χ0v) is 14.7. The van der Waals surface area contributed by atoms with Crippen LogP contribution in [-0.4, -0.2) is 31.2 Å². The zero-order chi connectivity index (χ0) is 19.0. The molecule has 7 heteroatoms. The SMILES string of the molecule is COc1ccc(C(=O)N/N=C2/C(=O)N(CC3CC3)c3ccccc32)cc1F. The molecule has 0 saturated heterocycles. The number of carbonyl (C=O) groups excluding carboxylic acids is 2. The van der Waals surface area contributed by atoms with E-state index in [0.717, 1.165) is 24.6 Å². The molecule has 1 saturated carbocycles. The molecule has 1 heterocycles. The van der Waals surface area contributed by atoms with E-state index in [2.05, 4.69) is 10.5 Å². The standard InChI is InChI=1S/C20H18FN3O3/c1-27-17-9-8-13(10-15(17)21)19(25)23-22-18-14-4-2-3-5-16(14)24(20(18)26)11-12-6-7-12/h2-5,8-10,12H,6-7,11H2,1H3,(H,23,25)/b22-18+. The number of rotatable bonds is 5. The van der Waals surface area contributed by atoms with Gasteiger partial charge in [0, 0.05) is 17.7 Å². The number of benzene rings is 2. The first-order valence-electron chi connectivity index (χ1n) is 8.71. The highest BCUT2D eigenvalue weighted by atomic mass is 19.1. The van der Waals surface area contributed by atoms with Gasteiger partial charge in [-0.05, 0) is 43.0 Å². The fraction of sp³-hybridized carbons (Fsp3) is 0.250. The van der Waals surface area contributed by atoms with Crippen LogP contribution in [0.5, 0.6) is 5.75 Å². The molecule has 0 aromatic heterocycles. The largest absolute Gasteiger partial charge is 0.494 e. The minimum atomic E-state index is -0.643. The fourth-order valence-electron chi connectivity index (χ4n) is 3.09. The molecule has 2 amide bonds. The minimum absolute atomic E-state index is 0.0495. The lowest BCUT2D eigenvalue weighted by Gasteiger charge is -2.15. The highest BCUT2D eigenvalue weighted by Gasteiger charge is 2.37. The smallest absolute Gasteiger partial charge is 0.279 e. The first-order valence-corrected chi connectivity index (χ1v) is 8.71. The van der Waals surface area contributed by atoms with Crippen molar-refractivity contribution in [2.24, 2.45) is 11.0 Å². The number of amides is 2. The van der Waals surface area contributed by atoms with Crippen molar-refractivity contribution in [1.29, 1.82) is 0 Å². The Morgan fingerprint density at radius 1 is 1.30 bits per heavy atom. The Morgan fingerprint density at radius 3 is 2.78 bits per heavy atom. The molecular formula is C20H18FN3O3. The zero-order valence-electron chi connectivity index (χ0n) is 14.7. The van der Waals surface area contributed by atoms with E-state index in [4.69, 9.17) is 4.74 Å². The number of para-hydroxylation sites is 1. The molecule has 4 rings (SSSR count). The fourth-order valence-corrected chi connectivity index (χ4v) is 3.09. The second kappa shape index (κ2) is 6.83. The second-order valence-corrected chi connectivity index (χ2v) is 6.63. The summed E-state index contributed by atoms with van der Waals surface area (Å²) >= 11 is 0. The van der Waals surface area contributed by atoms with Gasteiger partial charge in [-0.2, -0.15) is 5.10 Å². The Morgan fingerprint density at radius 2 is 2.07 bits per heavy atom. The van der Waals surface area contributed by atoms with Crippen LogP contribution in [0.25, 0.3) is 0 Å². The average molecular weight is 367 g/mol. The number of ether oxygens (including phenoxy) is 1. The average Bonchev–Trinajstić information content (AvgIpc) is 3.46. The number of nitrogens with one attached hydrogen (secondary N) is 1. The second-order valence-electron chi connectivity index (χ2n) is 6.63. The van der Waals surface area contributed by atoms with Crippen molar-refractivity contribution < 1.29 is 18.7 Å². The molecule has 6 nitrogen and oxygen atoms in total. The predicted molar refractivity (Wildman–Crippen MR) is 98.5 cm³/mol. The summed E-state index contributed by atoms with van der Waals surface area (Å²) in [4.78, 5) is 26.8. The molecule has 2 aliphatic rings. The Kier molecular flexibility index (Phi) is 4.35. The summed E-state index contributed by atoms with van der Waals surface area (Å²) < 4.78 is 18.6. The molecule has 138 valence electrons. The molecule has 1 fully saturated rings. The number of hydrogen-bond donors (Lipinski definition) is 1. The first kappa shape index (κ1) is 17.2. The van der Waals surface area contributed by atoms with Crippen molar-refractivity contribution in [2.45, 2.75) is 12.8 Å². The lowest BCUT2D eigenvalue weighted by Crippen LogP contribution is -2.33. The van der Waals surface area contributed by atoms with E-state index < -0.39 is 11.7 Å². The third kappa shape index (κ3) is 3.28. The molecule has 0 atom stereocenters. The van der Waals surface area contributed by atoms with Gasteiger partial charge in [0.25, 0.3) is 11.8 Å². The van der Waals surface area contributed by atoms with Crippen molar-refractivity contribution in [2.75, 3.05) is 18.6 Å². The lowest BCUT2D eigenvalue weighted by atomic mass is 10.1. The van der Waals surface area contributed by atoms with Crippen LogP contribution in [-0.2, 0) is 4.79 Å². The maximum absolute atomic E-state index is 13.8. The van der Waals surface area contributed by atoms with E-state index in [1.165, 1.54) is 19.2 Å². The van der Waals surface area contributed by atoms with Crippen LogP contribution >= 0.6 is 0 Å². The third-order valence-corrected chi connectivity index (χ3v) is 4.72. The van der Waals surface area contributed by atoms with Gasteiger partial charge in [-0.25, -0.2) is 9.82 Å². The van der Waals surface area contributed by atoms with Crippen molar-refractivity contribution >= 4 is 23.2 Å². The van der Waals surface area contributed by atoms with Crippen LogP contribution in [0.15, 0.2) is 47.6 Å². The van der Waals surface area contributed by atoms with Crippen LogP contribution in [0, 0.1) is 11.7 Å². The molecule has 0 spiro atoms. The highest BCUT2D eigenvalue weighted by Crippen LogP contribution is 2.35. The van der Waals surface area contributed by atoms with Crippen molar-refractivity contribution in [3.8, 4) is 5.75 Å². The third-order valence-electron chi connectivity index (χ3n) is 4.72. The summed E-state index contributed by atoms with van der Waals surface area (Å²) in [5, 5.41) is 4.04. The van der Waals surface area contributed by atoms with Gasteiger partial charge in [0.05, 0.1) is 12.8 Å². The summed E-state index contributed by atoms with van der Waals surface area (Å²) in [5.41, 5.74) is 4.13. The van der Waals surface area contributed by atoms with E-state index in [1.54, 1.807) is 11.0 Å². The van der Waals surface area contributed by atoms with Crippen molar-refractivity contribution in [3.63, 3.8) is 0 Å². The summed E-state index contributed by atoms with van der Waals surface area (Å²) in [6, 6.07) is 11.2. The van der Waals surface area contributed by atoms with E-state index in [0.29, 0.717) is 18.0 Å². The molecule has 0 radical (unpaired) electrons. The Bertz CT molecular complexity index is 953. The Balaban J connectivity index is 1.57. The van der Waals surface area contributed by atoms with Crippen LogP contribution in [0.1, 0.15) is 28.8 Å². The molecule has 2 aromatic rings. The normalized spacial score (nSPS) is 17.2. The molecule has 0 unspecified atom stereocenters. The molecule has 1 aliphatic heterocycles. The predicted octanol–water partition coefficient (Wildman–Crippen LogP) is 2.73. The molecule has 2 aromatic carbocycles. The van der Waals surface area contributed by atoms with Crippen LogP contribution in [0.2, 0.25) is 0 Å². The van der Waals surface area contributed by atoms with E-state index in [9.17, 15) is 14.0 Å². The van der Waals surface area contributed by atoms with Crippen LogP contribution in [0.4, 0.5) is 10.1 Å². The van der Waals surface area contributed by atoms with Gasteiger partial charge in [-0.15, -0.1) is 0 Å². The highest BCUT2D eigenvalue weighted by molar-refractivity contribution is 6.54. The van der Waals surface area contributed by atoms with Crippen LogP contribution < -0.4 is 15.1 Å². The quantitative estimate of drug-likeness (QED) is 0.826. The first-order chi connectivity index (χ1) is 13.1. The van der Waals surface area contributed by atoms with Gasteiger partial charge < -0.3 is 9.64 Å². The number of fused-ring (bicyclic) bond motifs is 1. The maximum Gasteiger partial charge on any atom is 0.279 e. The number of hydrazone groups is 1. The van der Waals surface area contributed by atoms with E-state index in [-0.39, 0.29) is 22.9 Å². The molecule has 27 heavy (non-hydrogen) atoms. The van der Waals surface area contributed by atoms with E-state index >= 15 is 0 Å². The Labute approximate surface area is 155 Å². The van der Waals surface area contributed by atoms with Gasteiger partial charge in [0.1, 0.15) is 0 Å². The summed E-state index contributed by atoms with van der Waals surface area (Å²) in [6.07, 6.45) is 2.25. The van der Waals surface area contributed by atoms with Crippen molar-refractivity contribution in [3.05, 3.63) is 59.4 Å². The summed E-state index contributed by atoms with van der Waals surface area (Å²) in [7, 11) is 1.35. The summed E-state index contributed by atoms with van der Waals surface area (Å²) in [5.74, 6) is -0.901. The number of anilines is 1. The number of hydrogen-bond acceptors (Lipinski definition) is 4. The number of carbonyl (C=O) groups is 2. The summed E-state index contributed by atoms with van der Waals surface area (Å²) in [6.45, 7) is 0.659. The molecule has 1 N–H and O–H groups in total. The minimum Gasteiger partial charge on any atom is -0.494 e. The van der Waals surface area contributed by atoms with E-state index in [1.807, 2.05) is 18.2 Å². The van der Waals surface area contributed by atoms with Gasteiger partial charge in [-0.3, -0.25) is 9.59 Å². The van der Waals surface area contributed by atoms with Gasteiger partial charge >= 0.3 is 0 Å². The maximum atomic E-state index is 13.8. The Hall–Kier alpha value is -3.22. The monoisotopic (exact) mass is 367 g/mol.